The Morgan fingerprint density at radius 3 is 1.82 bits per heavy atom. The van der Waals surface area contributed by atoms with E-state index in [1.807, 2.05) is 0 Å². The topological polar surface area (TPSA) is 9.23 Å². The zero-order valence-electron chi connectivity index (χ0n) is 16.8. The first-order chi connectivity index (χ1) is 13.5. The lowest BCUT2D eigenvalue weighted by Crippen LogP contribution is -2.10. The number of hydrogen-bond acceptors (Lipinski definition) is 1. The molecular weight excluding hydrogens is 340 g/mol. The van der Waals surface area contributed by atoms with E-state index in [2.05, 4.69) is 93.6 Å². The van der Waals surface area contributed by atoms with Crippen molar-refractivity contribution >= 4 is 32.3 Å². The van der Waals surface area contributed by atoms with E-state index in [4.69, 9.17) is 4.74 Å². The van der Waals surface area contributed by atoms with Crippen LogP contribution in [0.1, 0.15) is 26.3 Å². The Balaban J connectivity index is 1.81. The lowest BCUT2D eigenvalue weighted by Gasteiger charge is -2.20. The van der Waals surface area contributed by atoms with Crippen LogP contribution in [0.3, 0.4) is 0 Å². The Kier molecular flexibility index (Phi) is 3.64. The molecular formula is C27H24O. The third-order valence-corrected chi connectivity index (χ3v) is 5.91. The first-order valence-corrected chi connectivity index (χ1v) is 9.83. The van der Waals surface area contributed by atoms with Gasteiger partial charge in [-0.25, -0.2) is 0 Å². The van der Waals surface area contributed by atoms with Crippen LogP contribution in [-0.4, -0.2) is 7.11 Å². The van der Waals surface area contributed by atoms with Crippen LogP contribution in [-0.2, 0) is 5.41 Å². The van der Waals surface area contributed by atoms with E-state index in [0.717, 1.165) is 5.75 Å². The van der Waals surface area contributed by atoms with E-state index < -0.39 is 0 Å². The maximum Gasteiger partial charge on any atom is 0.126 e. The highest BCUT2D eigenvalue weighted by atomic mass is 16.5. The molecule has 0 aliphatic heterocycles. The molecule has 5 rings (SSSR count). The van der Waals surface area contributed by atoms with Gasteiger partial charge in [-0.2, -0.15) is 0 Å². The van der Waals surface area contributed by atoms with Gasteiger partial charge in [-0.05, 0) is 55.8 Å². The summed E-state index contributed by atoms with van der Waals surface area (Å²) in [7, 11) is 1.74. The van der Waals surface area contributed by atoms with Gasteiger partial charge in [0.15, 0.2) is 0 Å². The molecule has 0 radical (unpaired) electrons. The molecule has 0 saturated carbocycles. The molecule has 138 valence electrons. The van der Waals surface area contributed by atoms with E-state index in [1.165, 1.54) is 49.0 Å². The molecule has 0 amide bonds. The van der Waals surface area contributed by atoms with Crippen LogP contribution in [0.15, 0.2) is 72.8 Å². The summed E-state index contributed by atoms with van der Waals surface area (Å²) in [6, 6.07) is 26.6. The summed E-state index contributed by atoms with van der Waals surface area (Å²) in [4.78, 5) is 0. The third-order valence-electron chi connectivity index (χ3n) is 5.91. The second kappa shape index (κ2) is 5.97. The lowest BCUT2D eigenvalue weighted by atomic mass is 9.85. The monoisotopic (exact) mass is 364 g/mol. The summed E-state index contributed by atoms with van der Waals surface area (Å²) in [5.74, 6) is 0.932. The van der Waals surface area contributed by atoms with Crippen molar-refractivity contribution in [3.63, 3.8) is 0 Å². The highest BCUT2D eigenvalue weighted by molar-refractivity contribution is 6.26. The van der Waals surface area contributed by atoms with Gasteiger partial charge < -0.3 is 4.74 Å². The van der Waals surface area contributed by atoms with Crippen molar-refractivity contribution in [2.24, 2.45) is 0 Å². The zero-order valence-corrected chi connectivity index (χ0v) is 16.8. The fraction of sp³-hybridized carbons (Fsp3) is 0.185. The quantitative estimate of drug-likeness (QED) is 0.294. The average molecular weight is 364 g/mol. The second-order valence-electron chi connectivity index (χ2n) is 8.63. The molecule has 0 N–H and O–H groups in total. The molecule has 0 atom stereocenters. The van der Waals surface area contributed by atoms with Crippen LogP contribution >= 0.6 is 0 Å². The van der Waals surface area contributed by atoms with Gasteiger partial charge >= 0.3 is 0 Å². The third kappa shape index (κ3) is 2.46. The zero-order chi connectivity index (χ0) is 19.5. The average Bonchev–Trinajstić information content (AvgIpc) is 2.71. The fourth-order valence-electron chi connectivity index (χ4n) is 4.35. The summed E-state index contributed by atoms with van der Waals surface area (Å²) >= 11 is 0. The number of ether oxygens (including phenoxy) is 1. The first-order valence-electron chi connectivity index (χ1n) is 9.83. The van der Waals surface area contributed by atoms with E-state index >= 15 is 0 Å². The predicted octanol–water partition coefficient (Wildman–Crippen LogP) is 7.56. The number of hydrogen-bond donors (Lipinski definition) is 0. The van der Waals surface area contributed by atoms with Crippen LogP contribution in [0.5, 0.6) is 5.75 Å². The van der Waals surface area contributed by atoms with Gasteiger partial charge in [0.25, 0.3) is 0 Å². The van der Waals surface area contributed by atoms with Crippen molar-refractivity contribution in [1.29, 1.82) is 0 Å². The molecule has 5 aromatic rings. The molecule has 0 fully saturated rings. The molecule has 5 aromatic carbocycles. The Labute approximate surface area is 165 Å². The van der Waals surface area contributed by atoms with Crippen LogP contribution in [0.2, 0.25) is 0 Å². The summed E-state index contributed by atoms with van der Waals surface area (Å²) in [6.45, 7) is 6.77. The van der Waals surface area contributed by atoms with Crippen LogP contribution in [0, 0.1) is 0 Å². The van der Waals surface area contributed by atoms with Crippen molar-refractivity contribution in [3.8, 4) is 16.9 Å². The fourth-order valence-corrected chi connectivity index (χ4v) is 4.35. The van der Waals surface area contributed by atoms with Crippen molar-refractivity contribution in [3.05, 3.63) is 78.4 Å². The van der Waals surface area contributed by atoms with Crippen molar-refractivity contribution in [2.75, 3.05) is 7.11 Å². The van der Waals surface area contributed by atoms with Gasteiger partial charge in [0, 0.05) is 10.8 Å². The molecule has 0 aliphatic carbocycles. The van der Waals surface area contributed by atoms with Gasteiger partial charge in [-0.1, -0.05) is 81.4 Å². The van der Waals surface area contributed by atoms with Crippen LogP contribution in [0.4, 0.5) is 0 Å². The molecule has 1 nitrogen and oxygen atoms in total. The molecule has 28 heavy (non-hydrogen) atoms. The Hall–Kier alpha value is -3.06. The maximum atomic E-state index is 5.63. The second-order valence-corrected chi connectivity index (χ2v) is 8.63. The lowest BCUT2D eigenvalue weighted by molar-refractivity contribution is 0.420. The largest absolute Gasteiger partial charge is 0.496 e. The van der Waals surface area contributed by atoms with Gasteiger partial charge in [0.1, 0.15) is 5.75 Å². The minimum Gasteiger partial charge on any atom is -0.496 e. The number of rotatable bonds is 2. The Morgan fingerprint density at radius 2 is 1.18 bits per heavy atom. The molecule has 0 saturated heterocycles. The van der Waals surface area contributed by atoms with Gasteiger partial charge in [-0.15, -0.1) is 0 Å². The predicted molar refractivity (Wildman–Crippen MR) is 121 cm³/mol. The molecule has 0 aromatic heterocycles. The van der Waals surface area contributed by atoms with Crippen LogP contribution < -0.4 is 4.74 Å². The number of benzene rings is 5. The molecule has 0 aliphatic rings. The number of methoxy groups -OCH3 is 1. The molecule has 1 heteroatoms. The summed E-state index contributed by atoms with van der Waals surface area (Å²) in [5.41, 5.74) is 4.07. The van der Waals surface area contributed by atoms with E-state index in [0.29, 0.717) is 0 Å². The smallest absolute Gasteiger partial charge is 0.126 e. The summed E-state index contributed by atoms with van der Waals surface area (Å²) in [5, 5.41) is 7.63. The van der Waals surface area contributed by atoms with E-state index in [9.17, 15) is 0 Å². The highest BCUT2D eigenvalue weighted by Gasteiger charge is 2.16. The maximum absolute atomic E-state index is 5.63. The van der Waals surface area contributed by atoms with Crippen LogP contribution in [0.25, 0.3) is 43.4 Å². The Bertz CT molecular complexity index is 1300. The Morgan fingerprint density at radius 1 is 0.607 bits per heavy atom. The summed E-state index contributed by atoms with van der Waals surface area (Å²) in [6.07, 6.45) is 0. The van der Waals surface area contributed by atoms with Gasteiger partial charge in [0.05, 0.1) is 7.11 Å². The van der Waals surface area contributed by atoms with E-state index in [-0.39, 0.29) is 5.41 Å². The van der Waals surface area contributed by atoms with Crippen molar-refractivity contribution in [2.45, 2.75) is 26.2 Å². The molecule has 0 bridgehead atoms. The molecule has 0 unspecified atom stereocenters. The highest BCUT2D eigenvalue weighted by Crippen LogP contribution is 2.42. The minimum atomic E-state index is 0.164. The minimum absolute atomic E-state index is 0.164. The van der Waals surface area contributed by atoms with Gasteiger partial charge in [0.2, 0.25) is 0 Å². The van der Waals surface area contributed by atoms with E-state index in [1.54, 1.807) is 7.11 Å². The standard InChI is InChI=1S/C27H24O/c1-27(2,3)20-11-5-17(6-12-20)21-13-7-18-9-15-23-24(28-4)16-10-19-8-14-22(21)25(18)26(19)23/h5-16H,1-4H3. The normalized spacial score (nSPS) is 12.3. The van der Waals surface area contributed by atoms with Gasteiger partial charge in [-0.3, -0.25) is 0 Å². The van der Waals surface area contributed by atoms with Crippen molar-refractivity contribution < 1.29 is 4.74 Å². The first kappa shape index (κ1) is 17.1. The molecule has 0 spiro atoms. The molecule has 0 heterocycles. The summed E-state index contributed by atoms with van der Waals surface area (Å²) < 4.78 is 5.63. The van der Waals surface area contributed by atoms with Crippen molar-refractivity contribution in [1.82, 2.24) is 0 Å². The SMILES string of the molecule is COc1ccc2ccc3c(-c4ccc(C(C)(C)C)cc4)ccc4ccc1c2c43.